The number of rotatable bonds is 6. The van der Waals surface area contributed by atoms with Crippen LogP contribution in [0.15, 0.2) is 0 Å². The Bertz CT molecular complexity index is 297. The largest absolute Gasteiger partial charge is 0.394 e. The second-order valence-electron chi connectivity index (χ2n) is 7.12. The lowest BCUT2D eigenvalue weighted by Gasteiger charge is -2.40. The third kappa shape index (κ3) is 3.37. The van der Waals surface area contributed by atoms with Gasteiger partial charge in [0.05, 0.1) is 6.61 Å². The van der Waals surface area contributed by atoms with Crippen molar-refractivity contribution in [2.45, 2.75) is 70.9 Å². The lowest BCUT2D eigenvalue weighted by Crippen LogP contribution is -2.52. The molecule has 0 bridgehead atoms. The maximum atomic E-state index is 9.87. The van der Waals surface area contributed by atoms with E-state index < -0.39 is 0 Å². The smallest absolute Gasteiger partial charge is 0.0616 e. The van der Waals surface area contributed by atoms with Crippen molar-refractivity contribution in [1.82, 2.24) is 10.2 Å². The van der Waals surface area contributed by atoms with E-state index in [1.165, 1.54) is 45.2 Å². The topological polar surface area (TPSA) is 35.5 Å². The van der Waals surface area contributed by atoms with E-state index in [9.17, 15) is 5.11 Å². The zero-order chi connectivity index (χ0) is 14.6. The van der Waals surface area contributed by atoms with Gasteiger partial charge in [0.15, 0.2) is 0 Å². The van der Waals surface area contributed by atoms with Gasteiger partial charge in [0.2, 0.25) is 0 Å². The monoisotopic (exact) mass is 282 g/mol. The molecule has 20 heavy (non-hydrogen) atoms. The van der Waals surface area contributed by atoms with Gasteiger partial charge in [-0.1, -0.05) is 20.3 Å². The van der Waals surface area contributed by atoms with Crippen LogP contribution in [-0.4, -0.2) is 47.8 Å². The fraction of sp³-hybridized carbons (Fsp3) is 1.00. The van der Waals surface area contributed by atoms with E-state index in [2.05, 4.69) is 31.0 Å². The minimum Gasteiger partial charge on any atom is -0.394 e. The summed E-state index contributed by atoms with van der Waals surface area (Å²) in [5, 5.41) is 13.5. The molecule has 118 valence electrons. The Labute approximate surface area is 125 Å². The van der Waals surface area contributed by atoms with E-state index >= 15 is 0 Å². The molecule has 3 nitrogen and oxygen atoms in total. The van der Waals surface area contributed by atoms with Crippen LogP contribution >= 0.6 is 0 Å². The van der Waals surface area contributed by atoms with Crippen molar-refractivity contribution < 1.29 is 5.11 Å². The van der Waals surface area contributed by atoms with Crippen molar-refractivity contribution in [2.75, 3.05) is 26.2 Å². The van der Waals surface area contributed by atoms with Crippen LogP contribution in [0, 0.1) is 11.8 Å². The predicted molar refractivity (Wildman–Crippen MR) is 84.9 cm³/mol. The Morgan fingerprint density at radius 3 is 2.75 bits per heavy atom. The van der Waals surface area contributed by atoms with Gasteiger partial charge in [0, 0.05) is 11.6 Å². The average molecular weight is 282 g/mol. The van der Waals surface area contributed by atoms with E-state index in [-0.39, 0.29) is 5.54 Å². The second-order valence-corrected chi connectivity index (χ2v) is 7.12. The van der Waals surface area contributed by atoms with E-state index in [1.807, 2.05) is 0 Å². The van der Waals surface area contributed by atoms with Crippen LogP contribution < -0.4 is 5.32 Å². The maximum Gasteiger partial charge on any atom is 0.0616 e. The first-order valence-corrected chi connectivity index (χ1v) is 8.73. The Kier molecular flexibility index (Phi) is 5.88. The highest BCUT2D eigenvalue weighted by Gasteiger charge is 2.41. The van der Waals surface area contributed by atoms with Gasteiger partial charge < -0.3 is 15.3 Å². The van der Waals surface area contributed by atoms with Crippen LogP contribution in [0.2, 0.25) is 0 Å². The van der Waals surface area contributed by atoms with Gasteiger partial charge in [0.25, 0.3) is 0 Å². The standard InChI is InChI=1S/C17H34N2O/c1-4-18-17(13-20)10-5-8-16(17)9-12-19-11-6-7-14(2)15(19)3/h14-16,18,20H,4-13H2,1-3H3. The highest BCUT2D eigenvalue weighted by atomic mass is 16.3. The summed E-state index contributed by atoms with van der Waals surface area (Å²) in [5.41, 5.74) is 0.0133. The van der Waals surface area contributed by atoms with Gasteiger partial charge in [0.1, 0.15) is 0 Å². The van der Waals surface area contributed by atoms with Gasteiger partial charge in [-0.15, -0.1) is 0 Å². The van der Waals surface area contributed by atoms with Gasteiger partial charge >= 0.3 is 0 Å². The number of aliphatic hydroxyl groups excluding tert-OH is 1. The highest BCUT2D eigenvalue weighted by molar-refractivity contribution is 4.99. The van der Waals surface area contributed by atoms with Gasteiger partial charge in [-0.2, -0.15) is 0 Å². The number of hydrogen-bond donors (Lipinski definition) is 2. The Hall–Kier alpha value is -0.120. The number of nitrogens with zero attached hydrogens (tertiary/aromatic N) is 1. The second kappa shape index (κ2) is 7.24. The molecule has 4 unspecified atom stereocenters. The fourth-order valence-electron chi connectivity index (χ4n) is 4.47. The molecule has 0 spiro atoms. The number of likely N-dealkylation sites (tertiary alicyclic amines) is 1. The van der Waals surface area contributed by atoms with Crippen LogP contribution in [0.1, 0.15) is 59.3 Å². The molecule has 1 aliphatic heterocycles. The molecule has 0 amide bonds. The van der Waals surface area contributed by atoms with E-state index in [0.717, 1.165) is 24.9 Å². The van der Waals surface area contributed by atoms with Crippen molar-refractivity contribution in [3.05, 3.63) is 0 Å². The molecule has 0 radical (unpaired) electrons. The molecule has 2 N–H and O–H groups in total. The molecule has 1 aliphatic carbocycles. The molecule has 2 rings (SSSR count). The van der Waals surface area contributed by atoms with E-state index in [1.54, 1.807) is 0 Å². The first-order valence-electron chi connectivity index (χ1n) is 8.73. The Balaban J connectivity index is 1.89. The molecular formula is C17H34N2O. The van der Waals surface area contributed by atoms with Crippen LogP contribution in [-0.2, 0) is 0 Å². The summed E-state index contributed by atoms with van der Waals surface area (Å²) in [5.74, 6) is 1.49. The van der Waals surface area contributed by atoms with Crippen molar-refractivity contribution >= 4 is 0 Å². The molecule has 0 aromatic rings. The molecule has 1 saturated heterocycles. The molecule has 3 heteroatoms. The summed E-state index contributed by atoms with van der Waals surface area (Å²) < 4.78 is 0. The summed E-state index contributed by atoms with van der Waals surface area (Å²) in [4.78, 5) is 2.68. The molecule has 1 saturated carbocycles. The summed E-state index contributed by atoms with van der Waals surface area (Å²) in [6.45, 7) is 10.7. The molecular weight excluding hydrogens is 248 g/mol. The van der Waals surface area contributed by atoms with E-state index in [4.69, 9.17) is 0 Å². The minimum absolute atomic E-state index is 0.0133. The lowest BCUT2D eigenvalue weighted by molar-refractivity contribution is 0.0820. The Morgan fingerprint density at radius 2 is 2.05 bits per heavy atom. The first kappa shape index (κ1) is 16.3. The molecule has 0 aromatic heterocycles. The van der Waals surface area contributed by atoms with Gasteiger partial charge in [-0.05, 0) is 70.5 Å². The van der Waals surface area contributed by atoms with Crippen molar-refractivity contribution in [2.24, 2.45) is 11.8 Å². The van der Waals surface area contributed by atoms with Gasteiger partial charge in [-0.3, -0.25) is 0 Å². The quantitative estimate of drug-likeness (QED) is 0.786. The van der Waals surface area contributed by atoms with Crippen molar-refractivity contribution in [1.29, 1.82) is 0 Å². The third-order valence-corrected chi connectivity index (χ3v) is 6.04. The van der Waals surface area contributed by atoms with Crippen LogP contribution in [0.5, 0.6) is 0 Å². The zero-order valence-electron chi connectivity index (χ0n) is 13.7. The normalized spacial score (nSPS) is 39.3. The predicted octanol–water partition coefficient (Wildman–Crippen LogP) is 2.64. The first-order chi connectivity index (χ1) is 9.63. The maximum absolute atomic E-state index is 9.87. The van der Waals surface area contributed by atoms with Crippen LogP contribution in [0.3, 0.4) is 0 Å². The fourth-order valence-corrected chi connectivity index (χ4v) is 4.47. The number of nitrogens with one attached hydrogen (secondary N) is 1. The molecule has 1 heterocycles. The van der Waals surface area contributed by atoms with E-state index in [0.29, 0.717) is 12.5 Å². The highest BCUT2D eigenvalue weighted by Crippen LogP contribution is 2.38. The molecule has 2 aliphatic rings. The average Bonchev–Trinajstić information content (AvgIpc) is 2.84. The SMILES string of the molecule is CCNC1(CO)CCCC1CCN1CCCC(C)C1C. The summed E-state index contributed by atoms with van der Waals surface area (Å²) in [7, 11) is 0. The van der Waals surface area contributed by atoms with Crippen molar-refractivity contribution in [3.8, 4) is 0 Å². The number of piperidine rings is 1. The molecule has 2 fully saturated rings. The number of likely N-dealkylation sites (N-methyl/N-ethyl adjacent to an activating group) is 1. The Morgan fingerprint density at radius 1 is 1.25 bits per heavy atom. The third-order valence-electron chi connectivity index (χ3n) is 6.04. The summed E-state index contributed by atoms with van der Waals surface area (Å²) >= 11 is 0. The molecule has 4 atom stereocenters. The minimum atomic E-state index is 0.0133. The van der Waals surface area contributed by atoms with Gasteiger partial charge in [-0.25, -0.2) is 0 Å². The van der Waals surface area contributed by atoms with Crippen LogP contribution in [0.25, 0.3) is 0 Å². The lowest BCUT2D eigenvalue weighted by atomic mass is 9.84. The number of aliphatic hydroxyl groups is 1. The summed E-state index contributed by atoms with van der Waals surface area (Å²) in [6, 6.07) is 0.729. The summed E-state index contributed by atoms with van der Waals surface area (Å²) in [6.07, 6.45) is 7.68. The number of hydrogen-bond acceptors (Lipinski definition) is 3. The zero-order valence-corrected chi connectivity index (χ0v) is 13.7. The van der Waals surface area contributed by atoms with Crippen LogP contribution in [0.4, 0.5) is 0 Å². The van der Waals surface area contributed by atoms with Crippen molar-refractivity contribution in [3.63, 3.8) is 0 Å². The molecule has 0 aromatic carbocycles.